The molecule has 0 spiro atoms. The van der Waals surface area contributed by atoms with Gasteiger partial charge in [-0.3, -0.25) is 14.8 Å². The van der Waals surface area contributed by atoms with E-state index in [2.05, 4.69) is 5.10 Å². The highest BCUT2D eigenvalue weighted by atomic mass is 32.2. The van der Waals surface area contributed by atoms with Crippen molar-refractivity contribution in [2.45, 2.75) is 11.4 Å². The van der Waals surface area contributed by atoms with Gasteiger partial charge in [0.05, 0.1) is 34.0 Å². The number of nitrogens with zero attached hydrogens (tertiary/aromatic N) is 4. The Kier molecular flexibility index (Phi) is 4.17. The van der Waals surface area contributed by atoms with E-state index in [9.17, 15) is 18.5 Å². The SMILES string of the molecule is O=[N+]([O-])c1ccc(S(=O)(=O)CCn2cc(-n3cccc3)cn2)cc1. The molecule has 1 aromatic carbocycles. The van der Waals surface area contributed by atoms with Gasteiger partial charge in [-0.05, 0) is 24.3 Å². The lowest BCUT2D eigenvalue weighted by Crippen LogP contribution is -2.13. The molecular weight excluding hydrogens is 332 g/mol. The topological polar surface area (TPSA) is 100 Å². The van der Waals surface area contributed by atoms with Crippen LogP contribution in [0.2, 0.25) is 0 Å². The predicted molar refractivity (Wildman–Crippen MR) is 86.7 cm³/mol. The minimum atomic E-state index is -3.54. The molecule has 0 radical (unpaired) electrons. The van der Waals surface area contributed by atoms with Crippen molar-refractivity contribution < 1.29 is 13.3 Å². The maximum absolute atomic E-state index is 12.3. The zero-order valence-electron chi connectivity index (χ0n) is 12.5. The van der Waals surface area contributed by atoms with Crippen LogP contribution in [-0.2, 0) is 16.4 Å². The van der Waals surface area contributed by atoms with Crippen molar-refractivity contribution in [1.29, 1.82) is 0 Å². The molecule has 3 rings (SSSR count). The van der Waals surface area contributed by atoms with Gasteiger partial charge in [0.25, 0.3) is 5.69 Å². The van der Waals surface area contributed by atoms with Crippen LogP contribution in [-0.4, -0.2) is 33.4 Å². The number of aryl methyl sites for hydroxylation is 1. The summed E-state index contributed by atoms with van der Waals surface area (Å²) in [5, 5.41) is 14.8. The Morgan fingerprint density at radius 2 is 1.79 bits per heavy atom. The van der Waals surface area contributed by atoms with E-state index in [4.69, 9.17) is 0 Å². The number of aromatic nitrogens is 3. The average molecular weight is 346 g/mol. The van der Waals surface area contributed by atoms with Crippen LogP contribution >= 0.6 is 0 Å². The van der Waals surface area contributed by atoms with Gasteiger partial charge in [-0.15, -0.1) is 0 Å². The van der Waals surface area contributed by atoms with Crippen LogP contribution in [0.3, 0.4) is 0 Å². The van der Waals surface area contributed by atoms with E-state index >= 15 is 0 Å². The van der Waals surface area contributed by atoms with Crippen molar-refractivity contribution in [1.82, 2.24) is 14.3 Å². The Labute approximate surface area is 138 Å². The summed E-state index contributed by atoms with van der Waals surface area (Å²) in [4.78, 5) is 10.1. The van der Waals surface area contributed by atoms with E-state index in [1.165, 1.54) is 24.3 Å². The maximum atomic E-state index is 12.3. The Bertz CT molecular complexity index is 944. The zero-order valence-corrected chi connectivity index (χ0v) is 13.3. The monoisotopic (exact) mass is 346 g/mol. The summed E-state index contributed by atoms with van der Waals surface area (Å²) >= 11 is 0. The smallest absolute Gasteiger partial charge is 0.269 e. The number of benzene rings is 1. The summed E-state index contributed by atoms with van der Waals surface area (Å²) < 4.78 is 28.0. The molecule has 0 unspecified atom stereocenters. The van der Waals surface area contributed by atoms with E-state index in [0.29, 0.717) is 0 Å². The molecule has 0 bridgehead atoms. The highest BCUT2D eigenvalue weighted by molar-refractivity contribution is 7.91. The summed E-state index contributed by atoms with van der Waals surface area (Å²) in [5.74, 6) is -0.141. The molecule has 0 amide bonds. The minimum Gasteiger partial charge on any atom is -0.321 e. The summed E-state index contributed by atoms with van der Waals surface area (Å²) in [6, 6.07) is 8.65. The fourth-order valence-corrected chi connectivity index (χ4v) is 3.44. The number of nitro benzene ring substituents is 1. The van der Waals surface area contributed by atoms with Crippen LogP contribution in [0.4, 0.5) is 5.69 Å². The fourth-order valence-electron chi connectivity index (χ4n) is 2.22. The van der Waals surface area contributed by atoms with Gasteiger partial charge in [0.15, 0.2) is 9.84 Å². The Balaban J connectivity index is 1.70. The second kappa shape index (κ2) is 6.28. The van der Waals surface area contributed by atoms with Crippen LogP contribution in [0.5, 0.6) is 0 Å². The number of rotatable bonds is 6. The van der Waals surface area contributed by atoms with Crippen LogP contribution in [0.25, 0.3) is 5.69 Å². The quantitative estimate of drug-likeness (QED) is 0.502. The van der Waals surface area contributed by atoms with Gasteiger partial charge >= 0.3 is 0 Å². The normalized spacial score (nSPS) is 11.5. The highest BCUT2D eigenvalue weighted by Crippen LogP contribution is 2.17. The molecule has 124 valence electrons. The Hall–Kier alpha value is -2.94. The van der Waals surface area contributed by atoms with Crippen molar-refractivity contribution in [3.8, 4) is 5.69 Å². The highest BCUT2D eigenvalue weighted by Gasteiger charge is 2.16. The Morgan fingerprint density at radius 1 is 1.12 bits per heavy atom. The molecule has 0 aliphatic heterocycles. The first-order valence-corrected chi connectivity index (χ1v) is 8.74. The second-order valence-electron chi connectivity index (χ2n) is 5.12. The lowest BCUT2D eigenvalue weighted by Gasteiger charge is -2.05. The lowest BCUT2D eigenvalue weighted by atomic mass is 10.3. The molecule has 0 N–H and O–H groups in total. The molecule has 0 aliphatic carbocycles. The predicted octanol–water partition coefficient (Wildman–Crippen LogP) is 2.06. The van der Waals surface area contributed by atoms with Gasteiger partial charge < -0.3 is 4.57 Å². The van der Waals surface area contributed by atoms with Gasteiger partial charge in [0.1, 0.15) is 0 Å². The largest absolute Gasteiger partial charge is 0.321 e. The van der Waals surface area contributed by atoms with Crippen LogP contribution in [0, 0.1) is 10.1 Å². The second-order valence-corrected chi connectivity index (χ2v) is 7.23. The molecule has 2 aromatic heterocycles. The molecule has 9 heteroatoms. The van der Waals surface area contributed by atoms with E-state index in [1.54, 1.807) is 17.1 Å². The standard InChI is InChI=1S/C15H14N4O4S/c20-19(21)13-3-5-15(6-4-13)24(22,23)10-9-18-12-14(11-16-18)17-7-1-2-8-17/h1-8,11-12H,9-10H2. The van der Waals surface area contributed by atoms with Crippen molar-refractivity contribution in [3.63, 3.8) is 0 Å². The number of non-ortho nitro benzene ring substituents is 1. The molecule has 0 saturated carbocycles. The molecule has 0 aliphatic rings. The third-order valence-corrected chi connectivity index (χ3v) is 5.23. The van der Waals surface area contributed by atoms with Crippen molar-refractivity contribution in [3.05, 3.63) is 71.3 Å². The average Bonchev–Trinajstić information content (AvgIpc) is 3.24. The first-order valence-electron chi connectivity index (χ1n) is 7.09. The summed E-state index contributed by atoms with van der Waals surface area (Å²) in [6.45, 7) is 0.195. The van der Waals surface area contributed by atoms with Gasteiger partial charge in [0, 0.05) is 30.7 Å². The van der Waals surface area contributed by atoms with Crippen LogP contribution < -0.4 is 0 Å². The van der Waals surface area contributed by atoms with Gasteiger partial charge in [-0.25, -0.2) is 8.42 Å². The van der Waals surface area contributed by atoms with E-state index < -0.39 is 14.8 Å². The van der Waals surface area contributed by atoms with Crippen LogP contribution in [0.1, 0.15) is 0 Å². The summed E-state index contributed by atoms with van der Waals surface area (Å²) in [5.41, 5.74) is 0.699. The lowest BCUT2D eigenvalue weighted by molar-refractivity contribution is -0.384. The van der Waals surface area contributed by atoms with E-state index in [1.807, 2.05) is 29.1 Å². The first-order chi connectivity index (χ1) is 11.5. The molecule has 8 nitrogen and oxygen atoms in total. The zero-order chi connectivity index (χ0) is 17.2. The number of hydrogen-bond acceptors (Lipinski definition) is 5. The first kappa shape index (κ1) is 15.9. The van der Waals surface area contributed by atoms with Gasteiger partial charge in [-0.2, -0.15) is 5.10 Å². The molecule has 3 aromatic rings. The molecule has 0 atom stereocenters. The third kappa shape index (κ3) is 3.35. The molecular formula is C15H14N4O4S. The molecule has 0 saturated heterocycles. The maximum Gasteiger partial charge on any atom is 0.269 e. The summed E-state index contributed by atoms with van der Waals surface area (Å²) in [7, 11) is -3.54. The summed E-state index contributed by atoms with van der Waals surface area (Å²) in [6.07, 6.45) is 7.15. The minimum absolute atomic E-state index is 0.0610. The molecule has 0 fully saturated rings. The van der Waals surface area contributed by atoms with Gasteiger partial charge in [-0.1, -0.05) is 0 Å². The fraction of sp³-hybridized carbons (Fsp3) is 0.133. The van der Waals surface area contributed by atoms with E-state index in [0.717, 1.165) is 5.69 Å². The van der Waals surface area contributed by atoms with E-state index in [-0.39, 0.29) is 22.9 Å². The third-order valence-electron chi connectivity index (χ3n) is 3.52. The molecule has 2 heterocycles. The van der Waals surface area contributed by atoms with Gasteiger partial charge in [0.2, 0.25) is 0 Å². The molecule has 24 heavy (non-hydrogen) atoms. The number of sulfone groups is 1. The Morgan fingerprint density at radius 3 is 2.42 bits per heavy atom. The van der Waals surface area contributed by atoms with Crippen molar-refractivity contribution in [2.24, 2.45) is 0 Å². The van der Waals surface area contributed by atoms with Crippen LogP contribution in [0.15, 0.2) is 66.1 Å². The number of hydrogen-bond donors (Lipinski definition) is 0. The van der Waals surface area contributed by atoms with Crippen molar-refractivity contribution >= 4 is 15.5 Å². The number of nitro groups is 1. The van der Waals surface area contributed by atoms with Crippen molar-refractivity contribution in [2.75, 3.05) is 5.75 Å².